The van der Waals surface area contributed by atoms with Gasteiger partial charge in [-0.05, 0) is 18.2 Å². The highest BCUT2D eigenvalue weighted by molar-refractivity contribution is 6.30. The number of rotatable bonds is 1. The molecule has 0 fully saturated rings. The average molecular weight is 249 g/mol. The van der Waals surface area contributed by atoms with Gasteiger partial charge in [0, 0.05) is 28.4 Å². The summed E-state index contributed by atoms with van der Waals surface area (Å²) in [4.78, 5) is 13.4. The van der Waals surface area contributed by atoms with E-state index in [2.05, 4.69) is 4.98 Å². The molecule has 1 aromatic heterocycles. The Balaban J connectivity index is 2.76. The maximum Gasteiger partial charge on any atom is 0.248 e. The van der Waals surface area contributed by atoms with Crippen LogP contribution in [0, 0.1) is 17.1 Å². The van der Waals surface area contributed by atoms with Crippen molar-refractivity contribution in [2.75, 3.05) is 0 Å². The van der Waals surface area contributed by atoms with Gasteiger partial charge in [-0.15, -0.1) is 0 Å². The van der Waals surface area contributed by atoms with E-state index >= 15 is 0 Å². The van der Waals surface area contributed by atoms with Crippen LogP contribution in [0.2, 0.25) is 5.02 Å². The largest absolute Gasteiger partial charge is 0.326 e. The first-order valence-corrected chi connectivity index (χ1v) is 5.08. The molecule has 1 aromatic carbocycles. The lowest BCUT2D eigenvalue weighted by molar-refractivity contribution is 0.623. The second-order valence-corrected chi connectivity index (χ2v) is 3.80. The predicted molar refractivity (Wildman–Crippen MR) is 62.2 cm³/mol. The van der Waals surface area contributed by atoms with Gasteiger partial charge in [-0.3, -0.25) is 4.79 Å². The van der Waals surface area contributed by atoms with Crippen molar-refractivity contribution in [3.8, 4) is 17.2 Å². The topological polar surface area (TPSA) is 56.6 Å². The van der Waals surface area contributed by atoms with Crippen molar-refractivity contribution in [1.29, 1.82) is 5.26 Å². The smallest absolute Gasteiger partial charge is 0.248 e. The van der Waals surface area contributed by atoms with E-state index < -0.39 is 11.4 Å². The molecule has 0 saturated heterocycles. The minimum absolute atomic E-state index is 0.0628. The molecule has 0 aliphatic rings. The Hall–Kier alpha value is -2.12. The summed E-state index contributed by atoms with van der Waals surface area (Å²) in [5, 5.41) is 9.30. The molecule has 5 heteroatoms. The molecule has 0 aliphatic carbocycles. The molecule has 0 spiro atoms. The Morgan fingerprint density at radius 1 is 1.29 bits per heavy atom. The van der Waals surface area contributed by atoms with Crippen LogP contribution in [-0.2, 0) is 0 Å². The Morgan fingerprint density at radius 3 is 2.76 bits per heavy atom. The normalized spacial score (nSPS) is 9.94. The molecule has 0 bridgehead atoms. The zero-order chi connectivity index (χ0) is 12.4. The molecule has 0 aliphatic heterocycles. The number of nitriles is 1. The maximum absolute atomic E-state index is 13.6. The lowest BCUT2D eigenvalue weighted by Crippen LogP contribution is -2.05. The lowest BCUT2D eigenvalue weighted by atomic mass is 10.0. The van der Waals surface area contributed by atoms with E-state index in [0.29, 0.717) is 10.6 Å². The first kappa shape index (κ1) is 11.4. The van der Waals surface area contributed by atoms with Gasteiger partial charge >= 0.3 is 0 Å². The van der Waals surface area contributed by atoms with Gasteiger partial charge in [0.1, 0.15) is 5.82 Å². The van der Waals surface area contributed by atoms with E-state index in [9.17, 15) is 9.18 Å². The number of pyridine rings is 1. The van der Waals surface area contributed by atoms with Gasteiger partial charge in [-0.1, -0.05) is 11.6 Å². The first-order valence-electron chi connectivity index (χ1n) is 4.70. The minimum atomic E-state index is -0.608. The Labute approximate surface area is 101 Å². The number of nitrogens with one attached hydrogen (secondary N) is 1. The molecule has 0 saturated carbocycles. The first-order chi connectivity index (χ1) is 8.11. The number of aromatic amines is 1. The Kier molecular flexibility index (Phi) is 2.94. The molecule has 1 heterocycles. The second-order valence-electron chi connectivity index (χ2n) is 3.36. The van der Waals surface area contributed by atoms with Crippen LogP contribution in [0.25, 0.3) is 11.1 Å². The highest BCUT2D eigenvalue weighted by Gasteiger charge is 2.11. The second kappa shape index (κ2) is 4.40. The van der Waals surface area contributed by atoms with Crippen LogP contribution < -0.4 is 5.56 Å². The number of hydrogen-bond donors (Lipinski definition) is 1. The van der Waals surface area contributed by atoms with Crippen LogP contribution in [0.15, 0.2) is 35.3 Å². The van der Waals surface area contributed by atoms with Crippen molar-refractivity contribution in [3.05, 3.63) is 57.2 Å². The summed E-state index contributed by atoms with van der Waals surface area (Å²) >= 11 is 5.80. The number of hydrogen-bond acceptors (Lipinski definition) is 2. The number of nitrogens with zero attached hydrogens (tertiary/aromatic N) is 1. The summed E-state index contributed by atoms with van der Waals surface area (Å²) in [5.41, 5.74) is 0.195. The monoisotopic (exact) mass is 248 g/mol. The Bertz CT molecular complexity index is 673. The van der Waals surface area contributed by atoms with Crippen molar-refractivity contribution in [3.63, 3.8) is 0 Å². The molecule has 84 valence electrons. The van der Waals surface area contributed by atoms with E-state index in [-0.39, 0.29) is 11.1 Å². The number of H-pyrrole nitrogens is 1. The molecular formula is C12H6ClFN2O. The van der Waals surface area contributed by atoms with Gasteiger partial charge in [0.25, 0.3) is 0 Å². The van der Waals surface area contributed by atoms with E-state index in [0.717, 1.165) is 12.3 Å². The summed E-state index contributed by atoms with van der Waals surface area (Å²) in [6.07, 6.45) is 0.958. The molecule has 2 rings (SSSR count). The molecule has 0 radical (unpaired) electrons. The predicted octanol–water partition coefficient (Wildman–Crippen LogP) is 2.71. The van der Waals surface area contributed by atoms with Gasteiger partial charge in [-0.2, -0.15) is 5.26 Å². The van der Waals surface area contributed by atoms with E-state index in [4.69, 9.17) is 16.9 Å². The molecule has 17 heavy (non-hydrogen) atoms. The van der Waals surface area contributed by atoms with E-state index in [1.165, 1.54) is 18.2 Å². The van der Waals surface area contributed by atoms with Crippen LogP contribution >= 0.6 is 11.6 Å². The van der Waals surface area contributed by atoms with Crippen LogP contribution in [0.4, 0.5) is 4.39 Å². The summed E-state index contributed by atoms with van der Waals surface area (Å²) in [6.45, 7) is 0. The molecule has 1 N–H and O–H groups in total. The van der Waals surface area contributed by atoms with Gasteiger partial charge in [-0.25, -0.2) is 4.39 Å². The number of aromatic nitrogens is 1. The lowest BCUT2D eigenvalue weighted by Gasteiger charge is -2.05. The summed E-state index contributed by atoms with van der Waals surface area (Å²) in [5.74, 6) is -0.608. The summed E-state index contributed by atoms with van der Waals surface area (Å²) < 4.78 is 13.6. The number of halogens is 2. The van der Waals surface area contributed by atoms with Crippen LogP contribution in [-0.4, -0.2) is 4.98 Å². The van der Waals surface area contributed by atoms with E-state index in [1.807, 2.05) is 6.07 Å². The highest BCUT2D eigenvalue weighted by Crippen LogP contribution is 2.27. The average Bonchev–Trinajstić information content (AvgIpc) is 2.32. The van der Waals surface area contributed by atoms with E-state index in [1.54, 1.807) is 0 Å². The molecule has 0 amide bonds. The molecular weight excluding hydrogens is 243 g/mol. The molecule has 2 aromatic rings. The van der Waals surface area contributed by atoms with Gasteiger partial charge in [0.2, 0.25) is 5.56 Å². The van der Waals surface area contributed by atoms with Crippen LogP contribution in [0.5, 0.6) is 0 Å². The summed E-state index contributed by atoms with van der Waals surface area (Å²) in [7, 11) is 0. The molecule has 0 atom stereocenters. The van der Waals surface area contributed by atoms with Gasteiger partial charge < -0.3 is 4.98 Å². The maximum atomic E-state index is 13.6. The van der Waals surface area contributed by atoms with Gasteiger partial charge in [0.15, 0.2) is 0 Å². The summed E-state index contributed by atoms with van der Waals surface area (Å²) in [6, 6.07) is 7.51. The van der Waals surface area contributed by atoms with Crippen molar-refractivity contribution in [2.45, 2.75) is 0 Å². The fraction of sp³-hybridized carbons (Fsp3) is 0. The van der Waals surface area contributed by atoms with Crippen molar-refractivity contribution in [1.82, 2.24) is 4.98 Å². The molecule has 0 unspecified atom stereocenters. The van der Waals surface area contributed by atoms with Gasteiger partial charge in [0.05, 0.1) is 11.6 Å². The zero-order valence-electron chi connectivity index (χ0n) is 8.50. The fourth-order valence-corrected chi connectivity index (χ4v) is 1.67. The van der Waals surface area contributed by atoms with Crippen LogP contribution in [0.3, 0.4) is 0 Å². The highest BCUT2D eigenvalue weighted by atomic mass is 35.5. The minimum Gasteiger partial charge on any atom is -0.326 e. The third-order valence-electron chi connectivity index (χ3n) is 2.27. The standard InChI is InChI=1S/C12H6ClFN2O/c13-8-2-1-7(5-15)9(3-8)10-4-12(17)16-6-11(10)14/h1-4,6H,(H,16,17). The third-order valence-corrected chi connectivity index (χ3v) is 2.50. The number of benzene rings is 1. The Morgan fingerprint density at radius 2 is 2.06 bits per heavy atom. The SMILES string of the molecule is N#Cc1ccc(Cl)cc1-c1cc(=O)[nH]cc1F. The fourth-order valence-electron chi connectivity index (χ4n) is 1.50. The van der Waals surface area contributed by atoms with Crippen molar-refractivity contribution >= 4 is 11.6 Å². The van der Waals surface area contributed by atoms with Crippen molar-refractivity contribution < 1.29 is 4.39 Å². The molecule has 3 nitrogen and oxygen atoms in total. The zero-order valence-corrected chi connectivity index (χ0v) is 9.25. The van der Waals surface area contributed by atoms with Crippen molar-refractivity contribution in [2.24, 2.45) is 0 Å². The van der Waals surface area contributed by atoms with Crippen LogP contribution in [0.1, 0.15) is 5.56 Å². The quantitative estimate of drug-likeness (QED) is 0.844. The third kappa shape index (κ3) is 2.19.